The molecule has 4 nitrogen and oxygen atoms in total. The Bertz CT molecular complexity index is 468. The predicted octanol–water partition coefficient (Wildman–Crippen LogP) is 2.29. The van der Waals surface area contributed by atoms with Crippen molar-refractivity contribution in [3.05, 3.63) is 29.0 Å². The second kappa shape index (κ2) is 4.94. The molecular weight excluding hydrogens is 219 g/mol. The first-order chi connectivity index (χ1) is 7.19. The maximum Gasteiger partial charge on any atom is 0.237 e. The highest BCUT2D eigenvalue weighted by Gasteiger charge is 2.05. The molecule has 6 heteroatoms. The van der Waals surface area contributed by atoms with Crippen molar-refractivity contribution in [1.82, 2.24) is 0 Å². The summed E-state index contributed by atoms with van der Waals surface area (Å²) in [6.45, 7) is 0. The van der Waals surface area contributed by atoms with E-state index in [4.69, 9.17) is 22.1 Å². The third kappa shape index (κ3) is 2.67. The van der Waals surface area contributed by atoms with E-state index in [2.05, 4.69) is 10.5 Å². The fourth-order valence-corrected chi connectivity index (χ4v) is 0.956. The molecule has 0 aromatic heterocycles. The number of hydrogen-bond donors (Lipinski definition) is 1. The zero-order chi connectivity index (χ0) is 11.3. The summed E-state index contributed by atoms with van der Waals surface area (Å²) in [5, 5.41) is 20.0. The van der Waals surface area contributed by atoms with Crippen molar-refractivity contribution < 1.29 is 4.39 Å². The van der Waals surface area contributed by atoms with Gasteiger partial charge in [0.1, 0.15) is 12.1 Å². The van der Waals surface area contributed by atoms with Crippen molar-refractivity contribution in [1.29, 1.82) is 10.5 Å². The van der Waals surface area contributed by atoms with E-state index in [1.54, 1.807) is 0 Å². The maximum atomic E-state index is 13.2. The lowest BCUT2D eigenvalue weighted by atomic mass is 10.3. The molecule has 0 atom stereocenters. The van der Waals surface area contributed by atoms with Crippen LogP contribution in [-0.2, 0) is 0 Å². The van der Waals surface area contributed by atoms with Gasteiger partial charge in [-0.05, 0) is 12.1 Å². The SMILES string of the molecule is N#CC(C#N)=NNc1cccc(Cl)c1F. The molecule has 0 spiro atoms. The Kier molecular flexibility index (Phi) is 3.61. The first kappa shape index (κ1) is 11.0. The summed E-state index contributed by atoms with van der Waals surface area (Å²) in [4.78, 5) is 0. The van der Waals surface area contributed by atoms with E-state index in [9.17, 15) is 4.39 Å². The van der Waals surface area contributed by atoms with E-state index >= 15 is 0 Å². The lowest BCUT2D eigenvalue weighted by Crippen LogP contribution is -1.98. The highest BCUT2D eigenvalue weighted by atomic mass is 35.5. The quantitative estimate of drug-likeness (QED) is 0.616. The average molecular weight is 223 g/mol. The average Bonchev–Trinajstić information content (AvgIpc) is 2.25. The summed E-state index contributed by atoms with van der Waals surface area (Å²) in [6, 6.07) is 7.33. The lowest BCUT2D eigenvalue weighted by Gasteiger charge is -2.02. The zero-order valence-electron chi connectivity index (χ0n) is 7.33. The van der Waals surface area contributed by atoms with Crippen LogP contribution < -0.4 is 5.43 Å². The summed E-state index contributed by atoms with van der Waals surface area (Å²) < 4.78 is 13.2. The van der Waals surface area contributed by atoms with Crippen molar-refractivity contribution in [3.8, 4) is 12.1 Å². The highest BCUT2D eigenvalue weighted by Crippen LogP contribution is 2.21. The molecule has 1 N–H and O–H groups in total. The molecule has 0 fully saturated rings. The monoisotopic (exact) mass is 222 g/mol. The van der Waals surface area contributed by atoms with E-state index < -0.39 is 11.5 Å². The third-order valence-corrected chi connectivity index (χ3v) is 1.74. The number of rotatable bonds is 2. The molecule has 0 saturated carbocycles. The van der Waals surface area contributed by atoms with Crippen LogP contribution in [-0.4, -0.2) is 5.71 Å². The fourth-order valence-electron chi connectivity index (χ4n) is 0.781. The Morgan fingerprint density at radius 1 is 1.40 bits per heavy atom. The predicted molar refractivity (Wildman–Crippen MR) is 53.7 cm³/mol. The number of hydrogen-bond acceptors (Lipinski definition) is 4. The number of benzene rings is 1. The molecule has 0 saturated heterocycles. The minimum absolute atomic E-state index is 0.00509. The van der Waals surface area contributed by atoms with Crippen molar-refractivity contribution in [3.63, 3.8) is 0 Å². The minimum atomic E-state index is -0.682. The van der Waals surface area contributed by atoms with Gasteiger partial charge in [0, 0.05) is 0 Å². The molecule has 0 bridgehead atoms. The first-order valence-electron chi connectivity index (χ1n) is 3.77. The van der Waals surface area contributed by atoms with Crippen LogP contribution in [0, 0.1) is 28.5 Å². The van der Waals surface area contributed by atoms with E-state index in [0.29, 0.717) is 0 Å². The van der Waals surface area contributed by atoms with Gasteiger partial charge in [0.15, 0.2) is 5.82 Å². The van der Waals surface area contributed by atoms with Crippen molar-refractivity contribution in [2.75, 3.05) is 5.43 Å². The summed E-state index contributed by atoms with van der Waals surface area (Å²) >= 11 is 5.50. The zero-order valence-corrected chi connectivity index (χ0v) is 8.09. The molecule has 1 rings (SSSR count). The Morgan fingerprint density at radius 3 is 2.67 bits per heavy atom. The van der Waals surface area contributed by atoms with Crippen LogP contribution >= 0.6 is 11.6 Å². The van der Waals surface area contributed by atoms with Gasteiger partial charge >= 0.3 is 0 Å². The number of halogens is 2. The van der Waals surface area contributed by atoms with Gasteiger partial charge in [-0.1, -0.05) is 17.7 Å². The Hall–Kier alpha value is -2.11. The maximum absolute atomic E-state index is 13.2. The smallest absolute Gasteiger partial charge is 0.237 e. The van der Waals surface area contributed by atoms with Gasteiger partial charge in [-0.25, -0.2) is 4.39 Å². The van der Waals surface area contributed by atoms with E-state index in [1.807, 2.05) is 0 Å². The molecule has 0 radical (unpaired) electrons. The number of nitrogens with zero attached hydrogens (tertiary/aromatic N) is 3. The van der Waals surface area contributed by atoms with Crippen LogP contribution in [0.1, 0.15) is 0 Å². The van der Waals surface area contributed by atoms with Gasteiger partial charge in [-0.3, -0.25) is 5.43 Å². The van der Waals surface area contributed by atoms with Gasteiger partial charge < -0.3 is 0 Å². The molecule has 0 heterocycles. The van der Waals surface area contributed by atoms with Crippen LogP contribution in [0.3, 0.4) is 0 Å². The highest BCUT2D eigenvalue weighted by molar-refractivity contribution is 6.31. The molecule has 0 amide bonds. The van der Waals surface area contributed by atoms with Crippen LogP contribution in [0.5, 0.6) is 0 Å². The van der Waals surface area contributed by atoms with E-state index in [-0.39, 0.29) is 10.7 Å². The summed E-state index contributed by atoms with van der Waals surface area (Å²) in [5.74, 6) is -0.682. The number of nitriles is 2. The van der Waals surface area contributed by atoms with Gasteiger partial charge in [0.25, 0.3) is 0 Å². The topological polar surface area (TPSA) is 72.0 Å². The number of nitrogens with one attached hydrogen (secondary N) is 1. The Labute approximate surface area is 90.2 Å². The molecule has 74 valence electrons. The molecular formula is C9H4ClFN4. The lowest BCUT2D eigenvalue weighted by molar-refractivity contribution is 0.631. The number of hydrazone groups is 1. The second-order valence-electron chi connectivity index (χ2n) is 2.40. The first-order valence-corrected chi connectivity index (χ1v) is 4.14. The van der Waals surface area contributed by atoms with Crippen molar-refractivity contribution >= 4 is 23.0 Å². The summed E-state index contributed by atoms with van der Waals surface area (Å²) in [6.07, 6.45) is 0. The molecule has 1 aromatic carbocycles. The van der Waals surface area contributed by atoms with Crippen LogP contribution in [0.4, 0.5) is 10.1 Å². The standard InChI is InChI=1S/C9H4ClFN4/c10-7-2-1-3-8(9(7)11)15-14-6(4-12)5-13/h1-3,15H. The molecule has 15 heavy (non-hydrogen) atoms. The summed E-state index contributed by atoms with van der Waals surface area (Å²) in [7, 11) is 0. The molecule has 0 aliphatic rings. The summed E-state index contributed by atoms with van der Waals surface area (Å²) in [5.41, 5.74) is 1.85. The normalized spacial score (nSPS) is 8.53. The van der Waals surface area contributed by atoms with Gasteiger partial charge in [-0.15, -0.1) is 0 Å². The van der Waals surface area contributed by atoms with Gasteiger partial charge in [-0.2, -0.15) is 15.6 Å². The van der Waals surface area contributed by atoms with Crippen LogP contribution in [0.15, 0.2) is 23.3 Å². The fraction of sp³-hybridized carbons (Fsp3) is 0. The van der Waals surface area contributed by atoms with Crippen LogP contribution in [0.2, 0.25) is 5.02 Å². The van der Waals surface area contributed by atoms with Gasteiger partial charge in [0.05, 0.1) is 10.7 Å². The molecule has 0 aliphatic heterocycles. The Morgan fingerprint density at radius 2 is 2.07 bits per heavy atom. The third-order valence-electron chi connectivity index (χ3n) is 1.45. The number of anilines is 1. The molecule has 1 aromatic rings. The van der Waals surface area contributed by atoms with E-state index in [1.165, 1.54) is 30.3 Å². The van der Waals surface area contributed by atoms with E-state index in [0.717, 1.165) is 0 Å². The minimum Gasteiger partial charge on any atom is -0.273 e. The molecule has 0 unspecified atom stereocenters. The van der Waals surface area contributed by atoms with Crippen molar-refractivity contribution in [2.24, 2.45) is 5.10 Å². The largest absolute Gasteiger partial charge is 0.273 e. The van der Waals surface area contributed by atoms with Crippen LogP contribution in [0.25, 0.3) is 0 Å². The molecule has 0 aliphatic carbocycles. The Balaban J connectivity index is 2.93. The van der Waals surface area contributed by atoms with Crippen molar-refractivity contribution in [2.45, 2.75) is 0 Å². The second-order valence-corrected chi connectivity index (χ2v) is 2.80. The van der Waals surface area contributed by atoms with Gasteiger partial charge in [0.2, 0.25) is 5.71 Å².